The van der Waals surface area contributed by atoms with Crippen LogP contribution < -0.4 is 4.74 Å². The van der Waals surface area contributed by atoms with Gasteiger partial charge in [-0.3, -0.25) is 0 Å². The summed E-state index contributed by atoms with van der Waals surface area (Å²) in [6.07, 6.45) is 1.53. The molecule has 1 heterocycles. The summed E-state index contributed by atoms with van der Waals surface area (Å²) in [5.74, 6) is -0.412. The molecule has 110 valence electrons. The number of carbonyl (C=O) groups is 1. The second-order valence-corrected chi connectivity index (χ2v) is 5.32. The molecule has 0 aliphatic rings. The number of aromatic carboxylic acids is 1. The zero-order valence-corrected chi connectivity index (χ0v) is 12.8. The molecule has 0 aliphatic carbocycles. The van der Waals surface area contributed by atoms with Crippen LogP contribution in [0, 0.1) is 0 Å². The highest BCUT2D eigenvalue weighted by Crippen LogP contribution is 2.28. The minimum absolute atomic E-state index is 0.136. The fourth-order valence-electron chi connectivity index (χ4n) is 1.83. The Morgan fingerprint density at radius 1 is 1.19 bits per heavy atom. The topological polar surface area (TPSA) is 59.4 Å². The number of aromatic nitrogens is 1. The van der Waals surface area contributed by atoms with E-state index in [-0.39, 0.29) is 11.4 Å². The van der Waals surface area contributed by atoms with Crippen molar-refractivity contribution in [1.82, 2.24) is 4.98 Å². The molecule has 0 saturated carbocycles. The summed E-state index contributed by atoms with van der Waals surface area (Å²) < 4.78 is 5.57. The van der Waals surface area contributed by atoms with E-state index >= 15 is 0 Å². The fraction of sp³-hybridized carbons (Fsp3) is 0.200. The minimum atomic E-state index is -1.02. The van der Waals surface area contributed by atoms with Crippen LogP contribution in [0.1, 0.15) is 29.4 Å². The van der Waals surface area contributed by atoms with Crippen LogP contribution in [0.15, 0.2) is 30.3 Å². The highest BCUT2D eigenvalue weighted by atomic mass is 35.5. The first-order chi connectivity index (χ1) is 9.97. The first-order valence-corrected chi connectivity index (χ1v) is 7.11. The summed E-state index contributed by atoms with van der Waals surface area (Å²) in [6.45, 7) is 1.99. The van der Waals surface area contributed by atoms with E-state index in [1.807, 2.05) is 6.92 Å². The van der Waals surface area contributed by atoms with Crippen molar-refractivity contribution < 1.29 is 14.6 Å². The van der Waals surface area contributed by atoms with E-state index in [4.69, 9.17) is 33.0 Å². The second-order valence-electron chi connectivity index (χ2n) is 4.45. The molecule has 21 heavy (non-hydrogen) atoms. The lowest BCUT2D eigenvalue weighted by Crippen LogP contribution is -2.02. The Morgan fingerprint density at radius 3 is 2.43 bits per heavy atom. The largest absolute Gasteiger partial charge is 0.478 e. The van der Waals surface area contributed by atoms with Crippen LogP contribution in [0.4, 0.5) is 0 Å². The standard InChI is InChI=1S/C15H13Cl2NO3/c1-2-3-12-4-9(15(19)20)5-14(18-12)21-13-7-10(16)6-11(17)8-13/h4-8H,2-3H2,1H3,(H,19,20). The summed E-state index contributed by atoms with van der Waals surface area (Å²) in [4.78, 5) is 15.4. The number of hydrogen-bond acceptors (Lipinski definition) is 3. The number of hydrogen-bond donors (Lipinski definition) is 1. The Morgan fingerprint density at radius 2 is 1.86 bits per heavy atom. The SMILES string of the molecule is CCCc1cc(C(=O)O)cc(Oc2cc(Cl)cc(Cl)c2)n1. The van der Waals surface area contributed by atoms with Crippen molar-refractivity contribution in [2.24, 2.45) is 0 Å². The molecule has 2 aromatic rings. The van der Waals surface area contributed by atoms with Crippen LogP contribution in [0.5, 0.6) is 11.6 Å². The van der Waals surface area contributed by atoms with Crippen molar-refractivity contribution in [1.29, 1.82) is 0 Å². The van der Waals surface area contributed by atoms with Crippen LogP contribution in [-0.2, 0) is 6.42 Å². The molecule has 0 aliphatic heterocycles. The van der Waals surface area contributed by atoms with Gasteiger partial charge in [-0.05, 0) is 30.7 Å². The molecule has 1 aromatic carbocycles. The molecule has 0 radical (unpaired) electrons. The number of pyridine rings is 1. The Hall–Kier alpha value is -1.78. The molecule has 0 bridgehead atoms. The van der Waals surface area contributed by atoms with Gasteiger partial charge < -0.3 is 9.84 Å². The van der Waals surface area contributed by atoms with Gasteiger partial charge in [-0.15, -0.1) is 0 Å². The summed E-state index contributed by atoms with van der Waals surface area (Å²) in [5, 5.41) is 9.99. The summed E-state index contributed by atoms with van der Waals surface area (Å²) >= 11 is 11.8. The molecular weight excluding hydrogens is 313 g/mol. The second kappa shape index (κ2) is 6.78. The van der Waals surface area contributed by atoms with Gasteiger partial charge in [0, 0.05) is 21.8 Å². The number of nitrogens with zero attached hydrogens (tertiary/aromatic N) is 1. The zero-order valence-electron chi connectivity index (χ0n) is 11.3. The smallest absolute Gasteiger partial charge is 0.335 e. The predicted molar refractivity (Wildman–Crippen MR) is 81.7 cm³/mol. The van der Waals surface area contributed by atoms with Crippen LogP contribution in [0.25, 0.3) is 0 Å². The Balaban J connectivity index is 2.35. The normalized spacial score (nSPS) is 10.4. The molecule has 2 rings (SSSR count). The first kappa shape index (κ1) is 15.6. The van der Waals surface area contributed by atoms with Gasteiger partial charge in [0.15, 0.2) is 0 Å². The lowest BCUT2D eigenvalue weighted by atomic mass is 10.1. The zero-order chi connectivity index (χ0) is 15.4. The van der Waals surface area contributed by atoms with E-state index < -0.39 is 5.97 Å². The van der Waals surface area contributed by atoms with Crippen LogP contribution in [0.2, 0.25) is 10.0 Å². The van der Waals surface area contributed by atoms with Crippen molar-refractivity contribution in [3.63, 3.8) is 0 Å². The number of aryl methyl sites for hydroxylation is 1. The molecular formula is C15H13Cl2NO3. The van der Waals surface area contributed by atoms with Gasteiger partial charge in [-0.25, -0.2) is 9.78 Å². The molecule has 6 heteroatoms. The molecule has 0 spiro atoms. The fourth-order valence-corrected chi connectivity index (χ4v) is 2.33. The van der Waals surface area contributed by atoms with Gasteiger partial charge in [0.05, 0.1) is 5.56 Å². The van der Waals surface area contributed by atoms with Gasteiger partial charge in [-0.1, -0.05) is 36.5 Å². The molecule has 0 atom stereocenters. The highest BCUT2D eigenvalue weighted by Gasteiger charge is 2.10. The predicted octanol–water partition coefficient (Wildman–Crippen LogP) is 4.83. The third kappa shape index (κ3) is 4.34. The maximum atomic E-state index is 11.1. The molecule has 0 fully saturated rings. The van der Waals surface area contributed by atoms with Crippen molar-refractivity contribution in [3.05, 3.63) is 51.6 Å². The average Bonchev–Trinajstić information content (AvgIpc) is 2.37. The van der Waals surface area contributed by atoms with Gasteiger partial charge in [0.2, 0.25) is 5.88 Å². The lowest BCUT2D eigenvalue weighted by molar-refractivity contribution is 0.0696. The number of rotatable bonds is 5. The third-order valence-electron chi connectivity index (χ3n) is 2.67. The number of ether oxygens (including phenoxy) is 1. The summed E-state index contributed by atoms with van der Waals surface area (Å²) in [5.41, 5.74) is 0.803. The summed E-state index contributed by atoms with van der Waals surface area (Å²) in [7, 11) is 0. The number of halogens is 2. The molecule has 4 nitrogen and oxygen atoms in total. The van der Waals surface area contributed by atoms with Crippen molar-refractivity contribution in [2.75, 3.05) is 0 Å². The lowest BCUT2D eigenvalue weighted by Gasteiger charge is -2.09. The quantitative estimate of drug-likeness (QED) is 0.855. The van der Waals surface area contributed by atoms with Crippen LogP contribution >= 0.6 is 23.2 Å². The molecule has 1 N–H and O–H groups in total. The minimum Gasteiger partial charge on any atom is -0.478 e. The van der Waals surface area contributed by atoms with E-state index in [0.717, 1.165) is 6.42 Å². The molecule has 1 aromatic heterocycles. The van der Waals surface area contributed by atoms with E-state index in [9.17, 15) is 4.79 Å². The van der Waals surface area contributed by atoms with E-state index in [1.54, 1.807) is 24.3 Å². The number of carboxylic acids is 1. The number of benzene rings is 1. The van der Waals surface area contributed by atoms with Crippen LogP contribution in [-0.4, -0.2) is 16.1 Å². The highest BCUT2D eigenvalue weighted by molar-refractivity contribution is 6.34. The molecule has 0 saturated heterocycles. The monoisotopic (exact) mass is 325 g/mol. The third-order valence-corrected chi connectivity index (χ3v) is 3.10. The average molecular weight is 326 g/mol. The van der Waals surface area contributed by atoms with Crippen molar-refractivity contribution in [3.8, 4) is 11.6 Å². The Kier molecular flexibility index (Phi) is 5.04. The van der Waals surface area contributed by atoms with E-state index in [0.29, 0.717) is 27.9 Å². The van der Waals surface area contributed by atoms with Gasteiger partial charge in [0.25, 0.3) is 0 Å². The summed E-state index contributed by atoms with van der Waals surface area (Å²) in [6, 6.07) is 7.67. The van der Waals surface area contributed by atoms with E-state index in [1.165, 1.54) is 6.07 Å². The van der Waals surface area contributed by atoms with Crippen molar-refractivity contribution in [2.45, 2.75) is 19.8 Å². The Bertz CT molecular complexity index is 654. The van der Waals surface area contributed by atoms with Crippen LogP contribution in [0.3, 0.4) is 0 Å². The van der Waals surface area contributed by atoms with Gasteiger partial charge >= 0.3 is 5.97 Å². The molecule has 0 unspecified atom stereocenters. The maximum absolute atomic E-state index is 11.1. The first-order valence-electron chi connectivity index (χ1n) is 6.36. The van der Waals surface area contributed by atoms with E-state index in [2.05, 4.69) is 4.98 Å². The number of carboxylic acid groups (broad SMARTS) is 1. The maximum Gasteiger partial charge on any atom is 0.335 e. The Labute approximate surface area is 132 Å². The molecule has 0 amide bonds. The van der Waals surface area contributed by atoms with Gasteiger partial charge in [-0.2, -0.15) is 0 Å². The van der Waals surface area contributed by atoms with Crippen molar-refractivity contribution >= 4 is 29.2 Å². The van der Waals surface area contributed by atoms with Gasteiger partial charge in [0.1, 0.15) is 5.75 Å².